The minimum absolute atomic E-state index is 0.0324. The van der Waals surface area contributed by atoms with Crippen molar-refractivity contribution >= 4 is 5.97 Å². The van der Waals surface area contributed by atoms with Crippen LogP contribution >= 0.6 is 0 Å². The van der Waals surface area contributed by atoms with Crippen LogP contribution in [-0.4, -0.2) is 25.3 Å². The second kappa shape index (κ2) is 7.29. The second-order valence-corrected chi connectivity index (χ2v) is 5.22. The molecule has 0 unspecified atom stereocenters. The molecule has 0 amide bonds. The molecule has 2 rings (SSSR count). The molecule has 1 heterocycles. The monoisotopic (exact) mass is 278 g/mol. The van der Waals surface area contributed by atoms with E-state index in [0.717, 1.165) is 30.6 Å². The van der Waals surface area contributed by atoms with Crippen LogP contribution in [0.2, 0.25) is 0 Å². The van der Waals surface area contributed by atoms with E-state index in [1.165, 1.54) is 0 Å². The summed E-state index contributed by atoms with van der Waals surface area (Å²) in [6, 6.07) is 7.77. The summed E-state index contributed by atoms with van der Waals surface area (Å²) in [7, 11) is 1.65. The highest BCUT2D eigenvalue weighted by Gasteiger charge is 2.21. The summed E-state index contributed by atoms with van der Waals surface area (Å²) in [6.45, 7) is 2.45. The van der Waals surface area contributed by atoms with E-state index in [2.05, 4.69) is 0 Å². The molecule has 0 aliphatic carbocycles. The molecule has 1 aliphatic rings. The summed E-state index contributed by atoms with van der Waals surface area (Å²) >= 11 is 0. The van der Waals surface area contributed by atoms with Gasteiger partial charge in [0.1, 0.15) is 5.75 Å². The van der Waals surface area contributed by atoms with Crippen LogP contribution in [0.25, 0.3) is 0 Å². The van der Waals surface area contributed by atoms with E-state index in [9.17, 15) is 4.79 Å². The molecular formula is C16H22O4. The molecule has 20 heavy (non-hydrogen) atoms. The second-order valence-electron chi connectivity index (χ2n) is 5.22. The average molecular weight is 278 g/mol. The van der Waals surface area contributed by atoms with E-state index >= 15 is 0 Å². The first-order valence-corrected chi connectivity index (χ1v) is 7.11. The normalized spacial score (nSPS) is 23.6. The standard InChI is InChI=1S/C16H22O4/c1-12-4-3-5-15(10-16(17)20-12)19-11-13-6-8-14(18-2)9-7-13/h6-9,12,15H,3-5,10-11H2,1-2H3/t12-,15-/m0/s1. The van der Waals surface area contributed by atoms with Gasteiger partial charge in [-0.05, 0) is 43.9 Å². The Kier molecular flexibility index (Phi) is 5.41. The van der Waals surface area contributed by atoms with Crippen LogP contribution < -0.4 is 4.74 Å². The van der Waals surface area contributed by atoms with E-state index in [1.54, 1.807) is 7.11 Å². The first kappa shape index (κ1) is 14.9. The van der Waals surface area contributed by atoms with Crippen LogP contribution in [0.4, 0.5) is 0 Å². The lowest BCUT2D eigenvalue weighted by molar-refractivity contribution is -0.154. The predicted octanol–water partition coefficient (Wildman–Crippen LogP) is 3.09. The van der Waals surface area contributed by atoms with Gasteiger partial charge in [-0.2, -0.15) is 0 Å². The summed E-state index contributed by atoms with van der Waals surface area (Å²) in [5.74, 6) is 0.675. The average Bonchev–Trinajstić information content (AvgIpc) is 2.43. The van der Waals surface area contributed by atoms with Gasteiger partial charge in [-0.15, -0.1) is 0 Å². The molecule has 1 aromatic carbocycles. The first-order chi connectivity index (χ1) is 9.67. The Morgan fingerprint density at radius 3 is 2.70 bits per heavy atom. The van der Waals surface area contributed by atoms with Gasteiger partial charge in [0.15, 0.2) is 0 Å². The lowest BCUT2D eigenvalue weighted by atomic mass is 10.0. The highest BCUT2D eigenvalue weighted by molar-refractivity contribution is 5.70. The fourth-order valence-electron chi connectivity index (χ4n) is 2.33. The molecule has 0 spiro atoms. The smallest absolute Gasteiger partial charge is 0.308 e. The molecule has 1 fully saturated rings. The Morgan fingerprint density at radius 1 is 1.25 bits per heavy atom. The van der Waals surface area contributed by atoms with Crippen LogP contribution in [0.15, 0.2) is 24.3 Å². The number of rotatable bonds is 4. The Labute approximate surface area is 120 Å². The maximum atomic E-state index is 11.6. The molecule has 1 saturated heterocycles. The summed E-state index contributed by atoms with van der Waals surface area (Å²) in [6.07, 6.45) is 3.19. The fourth-order valence-corrected chi connectivity index (χ4v) is 2.33. The number of carbonyl (C=O) groups is 1. The van der Waals surface area contributed by atoms with Gasteiger partial charge in [0.05, 0.1) is 32.3 Å². The number of carbonyl (C=O) groups excluding carboxylic acids is 1. The third-order valence-electron chi connectivity index (χ3n) is 3.51. The fraction of sp³-hybridized carbons (Fsp3) is 0.562. The third-order valence-corrected chi connectivity index (χ3v) is 3.51. The number of hydrogen-bond acceptors (Lipinski definition) is 4. The van der Waals surface area contributed by atoms with Crippen molar-refractivity contribution < 1.29 is 19.0 Å². The zero-order valence-electron chi connectivity index (χ0n) is 12.1. The number of hydrogen-bond donors (Lipinski definition) is 0. The van der Waals surface area contributed by atoms with Crippen molar-refractivity contribution in [1.82, 2.24) is 0 Å². The summed E-state index contributed by atoms with van der Waals surface area (Å²) < 4.78 is 16.2. The molecule has 0 saturated carbocycles. The Hall–Kier alpha value is -1.55. The Bertz CT molecular complexity index is 427. The van der Waals surface area contributed by atoms with Gasteiger partial charge in [-0.1, -0.05) is 12.1 Å². The van der Waals surface area contributed by atoms with Crippen LogP contribution in [0, 0.1) is 0 Å². The maximum absolute atomic E-state index is 11.6. The van der Waals surface area contributed by atoms with E-state index in [1.807, 2.05) is 31.2 Å². The topological polar surface area (TPSA) is 44.8 Å². The third kappa shape index (κ3) is 4.53. The van der Waals surface area contributed by atoms with Crippen molar-refractivity contribution in [3.8, 4) is 5.75 Å². The van der Waals surface area contributed by atoms with Crippen molar-refractivity contribution in [2.45, 2.75) is 51.4 Å². The van der Waals surface area contributed by atoms with Gasteiger partial charge < -0.3 is 14.2 Å². The number of esters is 1. The molecule has 0 N–H and O–H groups in total. The van der Waals surface area contributed by atoms with E-state index in [0.29, 0.717) is 13.0 Å². The molecule has 0 bridgehead atoms. The molecular weight excluding hydrogens is 256 g/mol. The SMILES string of the molecule is COc1ccc(CO[C@H]2CCC[C@H](C)OC(=O)C2)cc1. The summed E-state index contributed by atoms with van der Waals surface area (Å²) in [4.78, 5) is 11.6. The van der Waals surface area contributed by atoms with E-state index in [4.69, 9.17) is 14.2 Å². The number of cyclic esters (lactones) is 1. The predicted molar refractivity (Wildman–Crippen MR) is 75.6 cm³/mol. The van der Waals surface area contributed by atoms with Gasteiger partial charge in [-0.25, -0.2) is 0 Å². The van der Waals surface area contributed by atoms with Crippen LogP contribution in [-0.2, 0) is 20.9 Å². The van der Waals surface area contributed by atoms with Crippen molar-refractivity contribution in [2.24, 2.45) is 0 Å². The van der Waals surface area contributed by atoms with Crippen LogP contribution in [0.3, 0.4) is 0 Å². The molecule has 1 aliphatic heterocycles. The van der Waals surface area contributed by atoms with E-state index in [-0.39, 0.29) is 18.2 Å². The Balaban J connectivity index is 1.83. The van der Waals surface area contributed by atoms with Crippen molar-refractivity contribution in [3.63, 3.8) is 0 Å². The van der Waals surface area contributed by atoms with Crippen molar-refractivity contribution in [1.29, 1.82) is 0 Å². The first-order valence-electron chi connectivity index (χ1n) is 7.11. The van der Waals surface area contributed by atoms with Crippen LogP contribution in [0.5, 0.6) is 5.75 Å². The van der Waals surface area contributed by atoms with Gasteiger partial charge in [0, 0.05) is 0 Å². The van der Waals surface area contributed by atoms with Crippen molar-refractivity contribution in [2.75, 3.05) is 7.11 Å². The van der Waals surface area contributed by atoms with Gasteiger partial charge in [0.2, 0.25) is 0 Å². The minimum atomic E-state index is -0.156. The molecule has 0 aromatic heterocycles. The summed E-state index contributed by atoms with van der Waals surface area (Å²) in [5, 5.41) is 0. The molecule has 4 nitrogen and oxygen atoms in total. The molecule has 4 heteroatoms. The molecule has 1 aromatic rings. The lowest BCUT2D eigenvalue weighted by Gasteiger charge is -2.23. The van der Waals surface area contributed by atoms with Gasteiger partial charge >= 0.3 is 5.97 Å². The van der Waals surface area contributed by atoms with Crippen molar-refractivity contribution in [3.05, 3.63) is 29.8 Å². The largest absolute Gasteiger partial charge is 0.497 e. The molecule has 110 valence electrons. The maximum Gasteiger partial charge on any atom is 0.308 e. The minimum Gasteiger partial charge on any atom is -0.497 e. The Morgan fingerprint density at radius 2 is 2.00 bits per heavy atom. The zero-order valence-corrected chi connectivity index (χ0v) is 12.1. The highest BCUT2D eigenvalue weighted by Crippen LogP contribution is 2.19. The number of methoxy groups -OCH3 is 1. The molecule has 2 atom stereocenters. The molecule has 0 radical (unpaired) electrons. The number of ether oxygens (including phenoxy) is 3. The zero-order chi connectivity index (χ0) is 14.4. The lowest BCUT2D eigenvalue weighted by Crippen LogP contribution is -2.25. The number of benzene rings is 1. The van der Waals surface area contributed by atoms with E-state index < -0.39 is 0 Å². The van der Waals surface area contributed by atoms with Gasteiger partial charge in [0.25, 0.3) is 0 Å². The van der Waals surface area contributed by atoms with Crippen LogP contribution in [0.1, 0.15) is 38.2 Å². The quantitative estimate of drug-likeness (QED) is 0.794. The van der Waals surface area contributed by atoms with Gasteiger partial charge in [-0.3, -0.25) is 4.79 Å². The summed E-state index contributed by atoms with van der Waals surface area (Å²) in [5.41, 5.74) is 1.08. The highest BCUT2D eigenvalue weighted by atomic mass is 16.5.